The van der Waals surface area contributed by atoms with Gasteiger partial charge in [-0.05, 0) is 30.4 Å². The summed E-state index contributed by atoms with van der Waals surface area (Å²) in [6, 6.07) is 5.45. The van der Waals surface area contributed by atoms with Crippen molar-refractivity contribution in [3.8, 4) is 0 Å². The van der Waals surface area contributed by atoms with Crippen LogP contribution in [-0.2, 0) is 0 Å². The number of Topliss-reactive ketones (excluding diaryl/α,β-unsaturated/α-hetero) is 1. The third-order valence-corrected chi connectivity index (χ3v) is 2.96. The van der Waals surface area contributed by atoms with Gasteiger partial charge in [0, 0.05) is 12.4 Å². The standard InChI is InChI=1S/C12H13N2O2P/c1-6(15)9-4-7-3-8(17)5-10(13-2)11(7)14-12(9)16/h3-5,13H,17H2,1-2H3,(H,14,16). The van der Waals surface area contributed by atoms with Gasteiger partial charge in [0.1, 0.15) is 0 Å². The number of carbonyl (C=O) groups is 1. The highest BCUT2D eigenvalue weighted by Crippen LogP contribution is 2.20. The number of H-pyrrole nitrogens is 1. The van der Waals surface area contributed by atoms with Crippen LogP contribution in [-0.4, -0.2) is 17.8 Å². The Morgan fingerprint density at radius 2 is 2.06 bits per heavy atom. The lowest BCUT2D eigenvalue weighted by molar-refractivity contribution is 0.101. The predicted molar refractivity (Wildman–Crippen MR) is 73.5 cm³/mol. The second-order valence-electron chi connectivity index (χ2n) is 3.85. The fourth-order valence-corrected chi connectivity index (χ4v) is 2.15. The molecule has 0 radical (unpaired) electrons. The monoisotopic (exact) mass is 248 g/mol. The molecule has 2 rings (SSSR count). The molecule has 2 aromatic rings. The number of hydrogen-bond acceptors (Lipinski definition) is 3. The van der Waals surface area contributed by atoms with Crippen molar-refractivity contribution in [2.45, 2.75) is 6.92 Å². The van der Waals surface area contributed by atoms with Gasteiger partial charge in [0.25, 0.3) is 5.56 Å². The molecule has 0 amide bonds. The van der Waals surface area contributed by atoms with Gasteiger partial charge in [0.15, 0.2) is 5.78 Å². The van der Waals surface area contributed by atoms with E-state index in [0.29, 0.717) is 5.52 Å². The number of aromatic nitrogens is 1. The Kier molecular flexibility index (Phi) is 2.99. The molecule has 0 bridgehead atoms. The van der Waals surface area contributed by atoms with Crippen molar-refractivity contribution in [2.24, 2.45) is 0 Å². The molecule has 88 valence electrons. The van der Waals surface area contributed by atoms with Gasteiger partial charge in [0.2, 0.25) is 0 Å². The largest absolute Gasteiger partial charge is 0.386 e. The van der Waals surface area contributed by atoms with Gasteiger partial charge in [-0.15, -0.1) is 9.24 Å². The van der Waals surface area contributed by atoms with E-state index in [-0.39, 0.29) is 16.9 Å². The quantitative estimate of drug-likeness (QED) is 0.621. The van der Waals surface area contributed by atoms with Crippen LogP contribution in [0, 0.1) is 0 Å². The second kappa shape index (κ2) is 4.30. The lowest BCUT2D eigenvalue weighted by Gasteiger charge is -2.08. The minimum Gasteiger partial charge on any atom is -0.386 e. The third-order valence-electron chi connectivity index (χ3n) is 2.62. The number of rotatable bonds is 2. The first-order chi connectivity index (χ1) is 8.02. The molecule has 1 heterocycles. The number of hydrogen-bond donors (Lipinski definition) is 2. The van der Waals surface area contributed by atoms with E-state index in [1.807, 2.05) is 12.1 Å². The highest BCUT2D eigenvalue weighted by Gasteiger charge is 2.09. The third kappa shape index (κ3) is 2.08. The van der Waals surface area contributed by atoms with Crippen molar-refractivity contribution in [3.05, 3.63) is 34.1 Å². The highest BCUT2D eigenvalue weighted by atomic mass is 31.0. The summed E-state index contributed by atoms with van der Waals surface area (Å²) in [5.41, 5.74) is 1.39. The summed E-state index contributed by atoms with van der Waals surface area (Å²) in [4.78, 5) is 25.8. The Hall–Kier alpha value is -1.67. The first-order valence-corrected chi connectivity index (χ1v) is 5.76. The molecule has 0 aliphatic heterocycles. The zero-order chi connectivity index (χ0) is 12.6. The van der Waals surface area contributed by atoms with Crippen molar-refractivity contribution >= 4 is 36.9 Å². The summed E-state index contributed by atoms with van der Waals surface area (Å²) in [6.07, 6.45) is 0. The summed E-state index contributed by atoms with van der Waals surface area (Å²) in [7, 11) is 4.39. The molecular formula is C12H13N2O2P. The molecule has 0 saturated heterocycles. The molecule has 1 atom stereocenters. The zero-order valence-electron chi connectivity index (χ0n) is 9.63. The second-order valence-corrected chi connectivity index (χ2v) is 4.52. The Morgan fingerprint density at radius 3 is 2.65 bits per heavy atom. The van der Waals surface area contributed by atoms with Crippen LogP contribution < -0.4 is 16.2 Å². The molecule has 0 spiro atoms. The Morgan fingerprint density at radius 1 is 1.35 bits per heavy atom. The van der Waals surface area contributed by atoms with Gasteiger partial charge in [-0.25, -0.2) is 0 Å². The molecule has 0 saturated carbocycles. The molecule has 1 aromatic carbocycles. The van der Waals surface area contributed by atoms with Crippen LogP contribution in [0.1, 0.15) is 17.3 Å². The molecule has 1 unspecified atom stereocenters. The van der Waals surface area contributed by atoms with Crippen LogP contribution in [0.4, 0.5) is 5.69 Å². The van der Waals surface area contributed by atoms with Crippen molar-refractivity contribution in [1.29, 1.82) is 0 Å². The number of nitrogens with one attached hydrogen (secondary N) is 2. The number of fused-ring (bicyclic) bond motifs is 1. The molecule has 1 aromatic heterocycles. The van der Waals surface area contributed by atoms with E-state index < -0.39 is 0 Å². The number of pyridine rings is 1. The van der Waals surface area contributed by atoms with Crippen LogP contribution in [0.3, 0.4) is 0 Å². The fraction of sp³-hybridized carbons (Fsp3) is 0.167. The van der Waals surface area contributed by atoms with Gasteiger partial charge in [0.05, 0.1) is 16.8 Å². The van der Waals surface area contributed by atoms with E-state index in [0.717, 1.165) is 16.4 Å². The smallest absolute Gasteiger partial charge is 0.259 e. The Balaban J connectivity index is 2.87. The van der Waals surface area contributed by atoms with Gasteiger partial charge < -0.3 is 10.3 Å². The summed E-state index contributed by atoms with van der Waals surface area (Å²) in [5.74, 6) is -0.228. The van der Waals surface area contributed by atoms with E-state index in [1.165, 1.54) is 6.92 Å². The van der Waals surface area contributed by atoms with Crippen LogP contribution in [0.25, 0.3) is 10.9 Å². The first-order valence-electron chi connectivity index (χ1n) is 5.18. The number of aromatic amines is 1. The zero-order valence-corrected chi connectivity index (χ0v) is 10.8. The van der Waals surface area contributed by atoms with Crippen molar-refractivity contribution < 1.29 is 4.79 Å². The maximum atomic E-state index is 11.7. The Bertz CT molecular complexity index is 661. The maximum Gasteiger partial charge on any atom is 0.259 e. The molecule has 0 aliphatic carbocycles. The number of carbonyl (C=O) groups excluding carboxylic acids is 1. The van der Waals surface area contributed by atoms with Crippen LogP contribution in [0.2, 0.25) is 0 Å². The fourth-order valence-electron chi connectivity index (χ4n) is 1.80. The number of anilines is 1. The van der Waals surface area contributed by atoms with Crippen LogP contribution >= 0.6 is 9.24 Å². The summed E-state index contributed by atoms with van der Waals surface area (Å²) >= 11 is 0. The molecule has 0 aliphatic rings. The lowest BCUT2D eigenvalue weighted by atomic mass is 10.1. The van der Waals surface area contributed by atoms with E-state index in [2.05, 4.69) is 19.5 Å². The SMILES string of the molecule is CNc1cc(P)cc2cc(C(C)=O)c(=O)[nH]c12. The molecule has 0 fully saturated rings. The minimum atomic E-state index is -0.349. The number of ketones is 1. The van der Waals surface area contributed by atoms with Gasteiger partial charge >= 0.3 is 0 Å². The van der Waals surface area contributed by atoms with E-state index in [1.54, 1.807) is 13.1 Å². The lowest BCUT2D eigenvalue weighted by Crippen LogP contribution is -2.16. The predicted octanol–water partition coefficient (Wildman–Crippen LogP) is 1.27. The average Bonchev–Trinajstić information content (AvgIpc) is 2.27. The van der Waals surface area contributed by atoms with Crippen LogP contribution in [0.15, 0.2) is 23.0 Å². The van der Waals surface area contributed by atoms with Crippen LogP contribution in [0.5, 0.6) is 0 Å². The summed E-state index contributed by atoms with van der Waals surface area (Å²) < 4.78 is 0. The number of benzene rings is 1. The van der Waals surface area contributed by atoms with Gasteiger partial charge in [-0.2, -0.15) is 0 Å². The first kappa shape index (κ1) is 11.8. The van der Waals surface area contributed by atoms with E-state index in [9.17, 15) is 9.59 Å². The average molecular weight is 248 g/mol. The van der Waals surface area contributed by atoms with Crippen molar-refractivity contribution in [2.75, 3.05) is 12.4 Å². The van der Waals surface area contributed by atoms with Crippen molar-refractivity contribution in [1.82, 2.24) is 4.98 Å². The topological polar surface area (TPSA) is 62.0 Å². The van der Waals surface area contributed by atoms with Crippen molar-refractivity contribution in [3.63, 3.8) is 0 Å². The summed E-state index contributed by atoms with van der Waals surface area (Å²) in [5, 5.41) is 4.85. The normalized spacial score (nSPS) is 10.5. The molecule has 17 heavy (non-hydrogen) atoms. The maximum absolute atomic E-state index is 11.7. The Labute approximate surface area is 101 Å². The molecule has 4 nitrogen and oxygen atoms in total. The molecule has 2 N–H and O–H groups in total. The molecule has 5 heteroatoms. The summed E-state index contributed by atoms with van der Waals surface area (Å²) in [6.45, 7) is 1.39. The van der Waals surface area contributed by atoms with Gasteiger partial charge in [-0.1, -0.05) is 0 Å². The van der Waals surface area contributed by atoms with E-state index >= 15 is 0 Å². The minimum absolute atomic E-state index is 0.190. The highest BCUT2D eigenvalue weighted by molar-refractivity contribution is 7.27. The van der Waals surface area contributed by atoms with Gasteiger partial charge in [-0.3, -0.25) is 9.59 Å². The van der Waals surface area contributed by atoms with E-state index in [4.69, 9.17) is 0 Å². The molecular weight excluding hydrogens is 235 g/mol.